The van der Waals surface area contributed by atoms with Crippen LogP contribution >= 0.6 is 0 Å². The minimum Gasteiger partial charge on any atom is -0.374 e. The van der Waals surface area contributed by atoms with Crippen LogP contribution in [0, 0.1) is 0 Å². The molecular formula is C10H15N3O. The largest absolute Gasteiger partial charge is 0.374 e. The van der Waals surface area contributed by atoms with Gasteiger partial charge < -0.3 is 10.1 Å². The second kappa shape index (κ2) is 4.02. The van der Waals surface area contributed by atoms with Crippen LogP contribution in [0.2, 0.25) is 0 Å². The van der Waals surface area contributed by atoms with Gasteiger partial charge in [-0.1, -0.05) is 0 Å². The van der Waals surface area contributed by atoms with E-state index in [4.69, 9.17) is 4.74 Å². The average Bonchev–Trinajstić information content (AvgIpc) is 2.27. The van der Waals surface area contributed by atoms with Gasteiger partial charge in [0.15, 0.2) is 5.82 Å². The van der Waals surface area contributed by atoms with Gasteiger partial charge in [-0.15, -0.1) is 0 Å². The van der Waals surface area contributed by atoms with Gasteiger partial charge in [0.25, 0.3) is 0 Å². The van der Waals surface area contributed by atoms with Gasteiger partial charge >= 0.3 is 0 Å². The van der Waals surface area contributed by atoms with Crippen molar-refractivity contribution in [1.29, 1.82) is 0 Å². The zero-order valence-electron chi connectivity index (χ0n) is 8.58. The summed E-state index contributed by atoms with van der Waals surface area (Å²) in [5.74, 6) is 0.785. The minimum absolute atomic E-state index is 0.0183. The highest BCUT2D eigenvalue weighted by Gasteiger charge is 2.14. The van der Waals surface area contributed by atoms with Crippen LogP contribution in [-0.2, 0) is 17.7 Å². The van der Waals surface area contributed by atoms with E-state index in [-0.39, 0.29) is 6.10 Å². The van der Waals surface area contributed by atoms with Gasteiger partial charge in [-0.3, -0.25) is 0 Å². The Morgan fingerprint density at radius 3 is 3.21 bits per heavy atom. The number of nitrogens with zero attached hydrogens (tertiary/aromatic N) is 2. The third-order valence-corrected chi connectivity index (χ3v) is 2.54. The van der Waals surface area contributed by atoms with Gasteiger partial charge in [-0.25, -0.2) is 9.97 Å². The normalized spacial score (nSPS) is 17.6. The molecule has 0 radical (unpaired) electrons. The van der Waals surface area contributed by atoms with E-state index in [0.29, 0.717) is 0 Å². The molecule has 4 heteroatoms. The summed E-state index contributed by atoms with van der Waals surface area (Å²) in [5.41, 5.74) is 2.38. The van der Waals surface area contributed by atoms with Crippen molar-refractivity contribution in [2.45, 2.75) is 26.0 Å². The Morgan fingerprint density at radius 2 is 2.43 bits per heavy atom. The standard InChI is InChI=1S/C10H15N3O/c1-7(14-2)10-12-6-8-5-11-4-3-9(8)13-10/h6-7,11H,3-5H2,1-2H3. The monoisotopic (exact) mass is 193 g/mol. The molecule has 2 rings (SSSR count). The van der Waals surface area contributed by atoms with Crippen molar-refractivity contribution in [3.63, 3.8) is 0 Å². The summed E-state index contributed by atoms with van der Waals surface area (Å²) in [6.45, 7) is 3.85. The van der Waals surface area contributed by atoms with Crippen LogP contribution in [0.5, 0.6) is 0 Å². The zero-order chi connectivity index (χ0) is 9.97. The van der Waals surface area contributed by atoms with Crippen LogP contribution in [0.15, 0.2) is 6.20 Å². The second-order valence-electron chi connectivity index (χ2n) is 3.50. The molecule has 1 atom stereocenters. The van der Waals surface area contributed by atoms with E-state index in [1.807, 2.05) is 13.1 Å². The molecule has 0 spiro atoms. The number of rotatable bonds is 2. The molecule has 0 saturated carbocycles. The SMILES string of the molecule is COC(C)c1ncc2c(n1)CCNC2. The molecule has 1 aliphatic heterocycles. The van der Waals surface area contributed by atoms with Gasteiger partial charge in [-0.05, 0) is 6.92 Å². The maximum Gasteiger partial charge on any atom is 0.157 e. The summed E-state index contributed by atoms with van der Waals surface area (Å²) < 4.78 is 5.19. The number of ether oxygens (including phenoxy) is 1. The molecule has 0 aromatic carbocycles. The third-order valence-electron chi connectivity index (χ3n) is 2.54. The maximum atomic E-state index is 5.19. The Hall–Kier alpha value is -1.00. The molecule has 2 heterocycles. The molecule has 1 unspecified atom stereocenters. The van der Waals surface area contributed by atoms with Crippen LogP contribution < -0.4 is 5.32 Å². The second-order valence-corrected chi connectivity index (χ2v) is 3.50. The Bertz CT molecular complexity index is 327. The summed E-state index contributed by atoms with van der Waals surface area (Å²) in [7, 11) is 1.68. The van der Waals surface area contributed by atoms with E-state index in [0.717, 1.165) is 31.0 Å². The molecule has 14 heavy (non-hydrogen) atoms. The first-order chi connectivity index (χ1) is 6.81. The third kappa shape index (κ3) is 1.76. The molecule has 0 amide bonds. The van der Waals surface area contributed by atoms with Crippen LogP contribution in [0.4, 0.5) is 0 Å². The Kier molecular flexibility index (Phi) is 2.74. The average molecular weight is 193 g/mol. The molecule has 1 N–H and O–H groups in total. The van der Waals surface area contributed by atoms with E-state index < -0.39 is 0 Å². The topological polar surface area (TPSA) is 47.0 Å². The summed E-state index contributed by atoms with van der Waals surface area (Å²) in [6.07, 6.45) is 2.87. The molecule has 0 fully saturated rings. The molecule has 4 nitrogen and oxygen atoms in total. The molecule has 0 saturated heterocycles. The van der Waals surface area contributed by atoms with E-state index in [1.165, 1.54) is 5.56 Å². The first kappa shape index (κ1) is 9.55. The van der Waals surface area contributed by atoms with Crippen molar-refractivity contribution in [3.05, 3.63) is 23.3 Å². The lowest BCUT2D eigenvalue weighted by atomic mass is 10.1. The molecule has 1 aromatic heterocycles. The van der Waals surface area contributed by atoms with Crippen LogP contribution in [0.25, 0.3) is 0 Å². The van der Waals surface area contributed by atoms with E-state index in [2.05, 4.69) is 15.3 Å². The Labute approximate surface area is 83.7 Å². The quantitative estimate of drug-likeness (QED) is 0.755. The molecular weight excluding hydrogens is 178 g/mol. The number of hydrogen-bond donors (Lipinski definition) is 1. The lowest BCUT2D eigenvalue weighted by molar-refractivity contribution is 0.111. The predicted molar refractivity (Wildman–Crippen MR) is 52.9 cm³/mol. The summed E-state index contributed by atoms with van der Waals surface area (Å²) >= 11 is 0. The number of methoxy groups -OCH3 is 1. The molecule has 1 aromatic rings. The number of nitrogens with one attached hydrogen (secondary N) is 1. The van der Waals surface area contributed by atoms with Gasteiger partial charge in [0, 0.05) is 44.1 Å². The maximum absolute atomic E-state index is 5.19. The van der Waals surface area contributed by atoms with E-state index in [9.17, 15) is 0 Å². The van der Waals surface area contributed by atoms with Gasteiger partial charge in [0.1, 0.15) is 6.10 Å². The smallest absolute Gasteiger partial charge is 0.157 e. The first-order valence-electron chi connectivity index (χ1n) is 4.89. The molecule has 76 valence electrons. The zero-order valence-corrected chi connectivity index (χ0v) is 8.58. The molecule has 0 aliphatic carbocycles. The first-order valence-corrected chi connectivity index (χ1v) is 4.89. The lowest BCUT2D eigenvalue weighted by Crippen LogP contribution is -2.25. The Balaban J connectivity index is 2.29. The van der Waals surface area contributed by atoms with Crippen molar-refractivity contribution in [2.24, 2.45) is 0 Å². The van der Waals surface area contributed by atoms with Gasteiger partial charge in [-0.2, -0.15) is 0 Å². The summed E-state index contributed by atoms with van der Waals surface area (Å²) in [5, 5.41) is 3.29. The highest BCUT2D eigenvalue weighted by Crippen LogP contribution is 2.15. The van der Waals surface area contributed by atoms with Crippen molar-refractivity contribution in [2.75, 3.05) is 13.7 Å². The van der Waals surface area contributed by atoms with Crippen LogP contribution in [-0.4, -0.2) is 23.6 Å². The Morgan fingerprint density at radius 1 is 1.57 bits per heavy atom. The number of aromatic nitrogens is 2. The van der Waals surface area contributed by atoms with Gasteiger partial charge in [0.2, 0.25) is 0 Å². The fourth-order valence-electron chi connectivity index (χ4n) is 1.55. The van der Waals surface area contributed by atoms with Gasteiger partial charge in [0.05, 0.1) is 0 Å². The number of hydrogen-bond acceptors (Lipinski definition) is 4. The minimum atomic E-state index is -0.0183. The summed E-state index contributed by atoms with van der Waals surface area (Å²) in [4.78, 5) is 8.79. The number of fused-ring (bicyclic) bond motifs is 1. The van der Waals surface area contributed by atoms with E-state index in [1.54, 1.807) is 7.11 Å². The van der Waals surface area contributed by atoms with Crippen molar-refractivity contribution < 1.29 is 4.74 Å². The van der Waals surface area contributed by atoms with Crippen molar-refractivity contribution in [3.8, 4) is 0 Å². The fourth-order valence-corrected chi connectivity index (χ4v) is 1.55. The van der Waals surface area contributed by atoms with Crippen LogP contribution in [0.3, 0.4) is 0 Å². The van der Waals surface area contributed by atoms with E-state index >= 15 is 0 Å². The van der Waals surface area contributed by atoms with Crippen molar-refractivity contribution >= 4 is 0 Å². The van der Waals surface area contributed by atoms with Crippen molar-refractivity contribution in [1.82, 2.24) is 15.3 Å². The summed E-state index contributed by atoms with van der Waals surface area (Å²) in [6, 6.07) is 0. The molecule has 0 bridgehead atoms. The highest BCUT2D eigenvalue weighted by atomic mass is 16.5. The fraction of sp³-hybridized carbons (Fsp3) is 0.600. The molecule has 1 aliphatic rings. The predicted octanol–water partition coefficient (Wildman–Crippen LogP) is 0.830. The lowest BCUT2D eigenvalue weighted by Gasteiger charge is -2.17. The van der Waals surface area contributed by atoms with Crippen LogP contribution in [0.1, 0.15) is 30.1 Å². The highest BCUT2D eigenvalue weighted by molar-refractivity contribution is 5.20.